The highest BCUT2D eigenvalue weighted by Crippen LogP contribution is 2.23. The number of benzene rings is 1. The molecule has 1 fully saturated rings. The minimum Gasteiger partial charge on any atom is -0.462 e. The first-order chi connectivity index (χ1) is 11.6. The molecule has 1 saturated carbocycles. The molecule has 1 unspecified atom stereocenters. The van der Waals surface area contributed by atoms with Gasteiger partial charge >= 0.3 is 5.97 Å². The Kier molecular flexibility index (Phi) is 6.97. The number of nitrogens with one attached hydrogen (secondary N) is 1. The molecule has 0 bridgehead atoms. The number of para-hydroxylation sites is 1. The van der Waals surface area contributed by atoms with E-state index in [1.165, 1.54) is 0 Å². The molecule has 130 valence electrons. The zero-order valence-electron chi connectivity index (χ0n) is 14.2. The quantitative estimate of drug-likeness (QED) is 0.449. The highest BCUT2D eigenvalue weighted by molar-refractivity contribution is 6.02. The number of anilines is 1. The number of ether oxygens (including phenoxy) is 1. The van der Waals surface area contributed by atoms with E-state index < -0.39 is 0 Å². The first kappa shape index (κ1) is 18.2. The topological polar surface area (TPSA) is 72.5 Å². The van der Waals surface area contributed by atoms with E-state index in [1.807, 2.05) is 18.2 Å². The summed E-state index contributed by atoms with van der Waals surface area (Å²) in [7, 11) is 1.77. The number of rotatable bonds is 8. The van der Waals surface area contributed by atoms with Crippen molar-refractivity contribution >= 4 is 23.2 Å². The van der Waals surface area contributed by atoms with Gasteiger partial charge < -0.3 is 10.1 Å². The number of hydrogen-bond acceptors (Lipinski definition) is 5. The molecule has 0 spiro atoms. The van der Waals surface area contributed by atoms with Crippen molar-refractivity contribution in [2.24, 2.45) is 5.92 Å². The van der Waals surface area contributed by atoms with Crippen molar-refractivity contribution in [2.45, 2.75) is 44.9 Å². The fraction of sp³-hybridized carbons (Fsp3) is 0.526. The SMILES string of the molecule is CNc1ccccc1C(=O)OCCCCCC1CCC(=O)CC1=O. The highest BCUT2D eigenvalue weighted by Gasteiger charge is 2.26. The molecule has 0 aromatic heterocycles. The molecule has 2 rings (SSSR count). The maximum atomic E-state index is 12.0. The van der Waals surface area contributed by atoms with E-state index in [4.69, 9.17) is 4.74 Å². The molecule has 5 nitrogen and oxygen atoms in total. The molecule has 5 heteroatoms. The third-order valence-corrected chi connectivity index (χ3v) is 4.44. The van der Waals surface area contributed by atoms with Gasteiger partial charge in [0.2, 0.25) is 0 Å². The van der Waals surface area contributed by atoms with Crippen molar-refractivity contribution in [3.8, 4) is 0 Å². The predicted octanol–water partition coefficient (Wildman–Crippen LogP) is 3.38. The van der Waals surface area contributed by atoms with Gasteiger partial charge in [-0.25, -0.2) is 4.79 Å². The Labute approximate surface area is 142 Å². The van der Waals surface area contributed by atoms with Crippen molar-refractivity contribution < 1.29 is 19.1 Å². The molecule has 1 aliphatic carbocycles. The lowest BCUT2D eigenvalue weighted by Crippen LogP contribution is -2.24. The predicted molar refractivity (Wildman–Crippen MR) is 92.1 cm³/mol. The van der Waals surface area contributed by atoms with Crippen LogP contribution >= 0.6 is 0 Å². The van der Waals surface area contributed by atoms with Crippen LogP contribution in [0.25, 0.3) is 0 Å². The molecule has 0 amide bonds. The normalized spacial score (nSPS) is 17.6. The standard InChI is InChI=1S/C19H25NO4/c1-20-17-9-5-4-8-16(17)19(23)24-12-6-2-3-7-14-10-11-15(21)13-18(14)22/h4-5,8-9,14,20H,2-3,6-7,10-13H2,1H3. The summed E-state index contributed by atoms with van der Waals surface area (Å²) in [5.41, 5.74) is 1.30. The van der Waals surface area contributed by atoms with Gasteiger partial charge in [-0.2, -0.15) is 0 Å². The van der Waals surface area contributed by atoms with E-state index in [0.29, 0.717) is 25.0 Å². The first-order valence-electron chi connectivity index (χ1n) is 8.60. The van der Waals surface area contributed by atoms with Crippen LogP contribution in [0.1, 0.15) is 55.3 Å². The summed E-state index contributed by atoms with van der Waals surface area (Å²) in [6.07, 6.45) is 4.82. The first-order valence-corrected chi connectivity index (χ1v) is 8.60. The lowest BCUT2D eigenvalue weighted by Gasteiger charge is -2.19. The van der Waals surface area contributed by atoms with E-state index in [1.54, 1.807) is 13.1 Å². The number of Topliss-reactive ketones (excluding diaryl/α,β-unsaturated/α-hetero) is 2. The highest BCUT2D eigenvalue weighted by atomic mass is 16.5. The van der Waals surface area contributed by atoms with Crippen LogP contribution in [0.2, 0.25) is 0 Å². The number of unbranched alkanes of at least 4 members (excludes halogenated alkanes) is 2. The zero-order valence-corrected chi connectivity index (χ0v) is 14.2. The van der Waals surface area contributed by atoms with Crippen LogP contribution in [0, 0.1) is 5.92 Å². The van der Waals surface area contributed by atoms with Crippen LogP contribution in [0.5, 0.6) is 0 Å². The van der Waals surface area contributed by atoms with Crippen LogP contribution in [0.4, 0.5) is 5.69 Å². The lowest BCUT2D eigenvalue weighted by atomic mass is 9.84. The van der Waals surface area contributed by atoms with E-state index >= 15 is 0 Å². The van der Waals surface area contributed by atoms with Crippen molar-refractivity contribution in [2.75, 3.05) is 19.0 Å². The third-order valence-electron chi connectivity index (χ3n) is 4.44. The number of carbonyl (C=O) groups excluding carboxylic acids is 3. The largest absolute Gasteiger partial charge is 0.462 e. The third kappa shape index (κ3) is 5.18. The molecule has 1 aromatic carbocycles. The van der Waals surface area contributed by atoms with Gasteiger partial charge in [0.1, 0.15) is 11.6 Å². The molecule has 0 aliphatic heterocycles. The average Bonchev–Trinajstić information content (AvgIpc) is 2.59. The Morgan fingerprint density at radius 3 is 2.75 bits per heavy atom. The molecule has 1 aromatic rings. The van der Waals surface area contributed by atoms with Crippen molar-refractivity contribution in [3.05, 3.63) is 29.8 Å². The van der Waals surface area contributed by atoms with E-state index in [2.05, 4.69) is 5.32 Å². The summed E-state index contributed by atoms with van der Waals surface area (Å²) in [4.78, 5) is 35.0. The van der Waals surface area contributed by atoms with Gasteiger partial charge in [-0.3, -0.25) is 9.59 Å². The molecule has 0 heterocycles. The Bertz CT molecular complexity index is 597. The van der Waals surface area contributed by atoms with Crippen molar-refractivity contribution in [1.82, 2.24) is 0 Å². The van der Waals surface area contributed by atoms with Gasteiger partial charge in [0.25, 0.3) is 0 Å². The fourth-order valence-electron chi connectivity index (χ4n) is 3.02. The van der Waals surface area contributed by atoms with Crippen LogP contribution in [-0.4, -0.2) is 31.2 Å². The maximum absolute atomic E-state index is 12.0. The zero-order chi connectivity index (χ0) is 17.4. The molecule has 24 heavy (non-hydrogen) atoms. The van der Waals surface area contributed by atoms with Crippen LogP contribution in [-0.2, 0) is 14.3 Å². The summed E-state index contributed by atoms with van der Waals surface area (Å²) in [5, 5.41) is 2.97. The van der Waals surface area contributed by atoms with Crippen LogP contribution in [0.3, 0.4) is 0 Å². The molecular weight excluding hydrogens is 306 g/mol. The summed E-state index contributed by atoms with van der Waals surface area (Å²) in [6.45, 7) is 0.383. The fourth-order valence-corrected chi connectivity index (χ4v) is 3.02. The Balaban J connectivity index is 1.62. The summed E-state index contributed by atoms with van der Waals surface area (Å²) >= 11 is 0. The Morgan fingerprint density at radius 2 is 2.00 bits per heavy atom. The van der Waals surface area contributed by atoms with Gasteiger partial charge in [0, 0.05) is 25.1 Å². The smallest absolute Gasteiger partial charge is 0.340 e. The molecule has 0 saturated heterocycles. The average molecular weight is 331 g/mol. The molecule has 1 N–H and O–H groups in total. The van der Waals surface area contributed by atoms with Gasteiger partial charge in [0.05, 0.1) is 18.6 Å². The summed E-state index contributed by atoms with van der Waals surface area (Å²) in [5.74, 6) is -0.0972. The second-order valence-electron chi connectivity index (χ2n) is 6.20. The number of hydrogen-bond donors (Lipinski definition) is 1. The Hall–Kier alpha value is -2.17. The Morgan fingerprint density at radius 1 is 1.21 bits per heavy atom. The maximum Gasteiger partial charge on any atom is 0.340 e. The van der Waals surface area contributed by atoms with Crippen molar-refractivity contribution in [3.63, 3.8) is 0 Å². The second kappa shape index (κ2) is 9.21. The van der Waals surface area contributed by atoms with Crippen LogP contribution < -0.4 is 5.32 Å². The second-order valence-corrected chi connectivity index (χ2v) is 6.20. The monoisotopic (exact) mass is 331 g/mol. The van der Waals surface area contributed by atoms with Crippen LogP contribution in [0.15, 0.2) is 24.3 Å². The van der Waals surface area contributed by atoms with Gasteiger partial charge in [0.15, 0.2) is 0 Å². The molecular formula is C19H25NO4. The van der Waals surface area contributed by atoms with E-state index in [-0.39, 0.29) is 29.9 Å². The molecule has 1 aliphatic rings. The molecule has 0 radical (unpaired) electrons. The van der Waals surface area contributed by atoms with E-state index in [0.717, 1.165) is 31.4 Å². The lowest BCUT2D eigenvalue weighted by molar-refractivity contribution is -0.132. The van der Waals surface area contributed by atoms with Crippen molar-refractivity contribution in [1.29, 1.82) is 0 Å². The van der Waals surface area contributed by atoms with E-state index in [9.17, 15) is 14.4 Å². The van der Waals surface area contributed by atoms with Gasteiger partial charge in [-0.05, 0) is 31.4 Å². The molecule has 1 atom stereocenters. The number of esters is 1. The minimum atomic E-state index is -0.319. The number of carbonyl (C=O) groups is 3. The summed E-state index contributed by atoms with van der Waals surface area (Å²) < 4.78 is 5.31. The van der Waals surface area contributed by atoms with Gasteiger partial charge in [-0.15, -0.1) is 0 Å². The number of ketones is 2. The summed E-state index contributed by atoms with van der Waals surface area (Å²) in [6, 6.07) is 7.25. The minimum absolute atomic E-state index is 0.0488. The van der Waals surface area contributed by atoms with Gasteiger partial charge in [-0.1, -0.05) is 25.0 Å².